The Morgan fingerprint density at radius 3 is 2.20 bits per heavy atom. The van der Waals surface area contributed by atoms with Crippen molar-refractivity contribution in [2.75, 3.05) is 53.6 Å². The van der Waals surface area contributed by atoms with Crippen LogP contribution in [-0.2, 0) is 16.1 Å². The number of hydrogen-bond donors (Lipinski definition) is 1. The number of ether oxygens (including phenoxy) is 4. The minimum Gasteiger partial charge on any atom is -0.493 e. The number of rotatable bonds is 15. The molecule has 0 aromatic heterocycles. The van der Waals surface area contributed by atoms with Crippen molar-refractivity contribution >= 4 is 12.0 Å². The molecule has 0 unspecified atom stereocenters. The van der Waals surface area contributed by atoms with E-state index in [0.717, 1.165) is 50.8 Å². The second-order valence-electron chi connectivity index (χ2n) is 11.4. The largest absolute Gasteiger partial charge is 0.493 e. The molecule has 41 heavy (non-hydrogen) atoms. The molecule has 2 aromatic rings. The summed E-state index contributed by atoms with van der Waals surface area (Å²) in [7, 11) is 3.27. The van der Waals surface area contributed by atoms with Crippen molar-refractivity contribution in [3.05, 3.63) is 59.7 Å². The van der Waals surface area contributed by atoms with Gasteiger partial charge in [-0.2, -0.15) is 0 Å². The molecule has 1 N–H and O–H groups in total. The summed E-state index contributed by atoms with van der Waals surface area (Å²) in [6.07, 6.45) is 4.59. The van der Waals surface area contributed by atoms with Crippen molar-refractivity contribution in [1.29, 1.82) is 0 Å². The SMILES string of the molecule is COCCCOc1cc(C(=O)N(C[C@@H]2CNC[C@H]2CN(C(=O)OCc2ccccc2)C2CC2)C2CC2)ccc1OC. The number of carbonyl (C=O) groups is 2. The molecule has 5 rings (SSSR count). The van der Waals surface area contributed by atoms with Crippen LogP contribution in [0.25, 0.3) is 0 Å². The maximum Gasteiger partial charge on any atom is 0.410 e. The number of nitrogens with one attached hydrogen (secondary N) is 1. The summed E-state index contributed by atoms with van der Waals surface area (Å²) in [4.78, 5) is 30.9. The first-order valence-corrected chi connectivity index (χ1v) is 14.9. The average molecular weight is 566 g/mol. The van der Waals surface area contributed by atoms with Crippen molar-refractivity contribution in [3.8, 4) is 11.5 Å². The number of carbonyl (C=O) groups excluding carboxylic acids is 2. The molecule has 9 heteroatoms. The van der Waals surface area contributed by atoms with E-state index in [1.54, 1.807) is 26.4 Å². The van der Waals surface area contributed by atoms with Crippen molar-refractivity contribution in [2.45, 2.75) is 50.8 Å². The van der Waals surface area contributed by atoms with Crippen LogP contribution in [0, 0.1) is 11.8 Å². The Balaban J connectivity index is 1.22. The second kappa shape index (κ2) is 14.0. The zero-order valence-corrected chi connectivity index (χ0v) is 24.3. The molecule has 222 valence electrons. The van der Waals surface area contributed by atoms with E-state index in [4.69, 9.17) is 18.9 Å². The topological polar surface area (TPSA) is 89.6 Å². The third-order valence-corrected chi connectivity index (χ3v) is 8.18. The molecular formula is C32H43N3O6. The standard InChI is InChI=1S/C32H43N3O6/c1-38-15-6-16-40-30-17-24(9-14-29(30)39-2)31(36)34(27-10-11-27)20-25-18-33-19-26(25)21-35(28-12-13-28)32(37)41-22-23-7-4-3-5-8-23/h3-5,7-9,14,17,25-28,33H,6,10-13,15-16,18-22H2,1-2H3/t25-,26-/m0/s1. The van der Waals surface area contributed by atoms with E-state index in [0.29, 0.717) is 43.4 Å². The normalized spacial score (nSPS) is 20.0. The molecular weight excluding hydrogens is 522 g/mol. The fourth-order valence-corrected chi connectivity index (χ4v) is 5.54. The van der Waals surface area contributed by atoms with Gasteiger partial charge in [0.05, 0.1) is 13.7 Å². The van der Waals surface area contributed by atoms with Gasteiger partial charge in [-0.3, -0.25) is 4.79 Å². The minimum atomic E-state index is -0.242. The van der Waals surface area contributed by atoms with Gasteiger partial charge in [-0.1, -0.05) is 30.3 Å². The van der Waals surface area contributed by atoms with Crippen molar-refractivity contribution < 1.29 is 28.5 Å². The van der Waals surface area contributed by atoms with Crippen LogP contribution in [-0.4, -0.2) is 87.5 Å². The van der Waals surface area contributed by atoms with E-state index in [2.05, 4.69) is 5.32 Å². The Morgan fingerprint density at radius 1 is 0.854 bits per heavy atom. The van der Waals surface area contributed by atoms with Gasteiger partial charge in [-0.15, -0.1) is 0 Å². The molecule has 3 fully saturated rings. The highest BCUT2D eigenvalue weighted by Crippen LogP contribution is 2.35. The number of benzene rings is 2. The van der Waals surface area contributed by atoms with E-state index in [1.165, 1.54) is 0 Å². The smallest absolute Gasteiger partial charge is 0.410 e. The summed E-state index contributed by atoms with van der Waals surface area (Å²) in [5, 5.41) is 3.52. The van der Waals surface area contributed by atoms with Gasteiger partial charge in [0, 0.05) is 64.0 Å². The van der Waals surface area contributed by atoms with E-state index in [1.807, 2.05) is 46.2 Å². The maximum absolute atomic E-state index is 13.8. The molecule has 0 spiro atoms. The molecule has 2 aliphatic carbocycles. The molecule has 2 aromatic carbocycles. The Kier molecular flexibility index (Phi) is 10.0. The number of hydrogen-bond acceptors (Lipinski definition) is 7. The predicted molar refractivity (Wildman–Crippen MR) is 155 cm³/mol. The zero-order valence-electron chi connectivity index (χ0n) is 24.3. The first-order chi connectivity index (χ1) is 20.1. The third-order valence-electron chi connectivity index (χ3n) is 8.18. The summed E-state index contributed by atoms with van der Waals surface area (Å²) in [6.45, 7) is 4.33. The lowest BCUT2D eigenvalue weighted by Crippen LogP contribution is -2.43. The van der Waals surface area contributed by atoms with Gasteiger partial charge in [0.2, 0.25) is 0 Å². The average Bonchev–Trinajstić information content (AvgIpc) is 3.95. The van der Waals surface area contributed by atoms with Gasteiger partial charge >= 0.3 is 6.09 Å². The number of nitrogens with zero attached hydrogens (tertiary/aromatic N) is 2. The monoisotopic (exact) mass is 565 g/mol. The summed E-state index contributed by atoms with van der Waals surface area (Å²) in [5.74, 6) is 1.70. The van der Waals surface area contributed by atoms with Crippen LogP contribution < -0.4 is 14.8 Å². The number of amides is 2. The van der Waals surface area contributed by atoms with Crippen molar-refractivity contribution in [3.63, 3.8) is 0 Å². The molecule has 2 atom stereocenters. The first kappa shape index (κ1) is 29.2. The van der Waals surface area contributed by atoms with Crippen LogP contribution in [0.1, 0.15) is 48.0 Å². The highest BCUT2D eigenvalue weighted by Gasteiger charge is 2.41. The van der Waals surface area contributed by atoms with Crippen LogP contribution in [0.2, 0.25) is 0 Å². The first-order valence-electron chi connectivity index (χ1n) is 14.9. The van der Waals surface area contributed by atoms with Crippen molar-refractivity contribution in [1.82, 2.24) is 15.1 Å². The van der Waals surface area contributed by atoms with Crippen LogP contribution in [0.4, 0.5) is 4.79 Å². The van der Waals surface area contributed by atoms with Crippen LogP contribution >= 0.6 is 0 Å². The quantitative estimate of drug-likeness (QED) is 0.321. The summed E-state index contributed by atoms with van der Waals surface area (Å²) < 4.78 is 22.2. The minimum absolute atomic E-state index is 0.0175. The lowest BCUT2D eigenvalue weighted by Gasteiger charge is -2.31. The Bertz CT molecular complexity index is 1150. The molecule has 9 nitrogen and oxygen atoms in total. The summed E-state index contributed by atoms with van der Waals surface area (Å²) >= 11 is 0. The summed E-state index contributed by atoms with van der Waals surface area (Å²) in [5.41, 5.74) is 1.59. The van der Waals surface area contributed by atoms with Crippen LogP contribution in [0.3, 0.4) is 0 Å². The highest BCUT2D eigenvalue weighted by molar-refractivity contribution is 5.95. The molecule has 1 heterocycles. The predicted octanol–water partition coefficient (Wildman–Crippen LogP) is 4.35. The molecule has 1 saturated heterocycles. The third kappa shape index (κ3) is 7.92. The lowest BCUT2D eigenvalue weighted by molar-refractivity contribution is 0.0668. The van der Waals surface area contributed by atoms with Gasteiger partial charge in [0.1, 0.15) is 6.61 Å². The van der Waals surface area contributed by atoms with Gasteiger partial charge in [0.15, 0.2) is 11.5 Å². The fourth-order valence-electron chi connectivity index (χ4n) is 5.54. The zero-order chi connectivity index (χ0) is 28.6. The van der Waals surface area contributed by atoms with Gasteiger partial charge in [-0.05, 0) is 61.3 Å². The summed E-state index contributed by atoms with van der Waals surface area (Å²) in [6, 6.07) is 15.7. The van der Waals surface area contributed by atoms with E-state index in [9.17, 15) is 9.59 Å². The van der Waals surface area contributed by atoms with Gasteiger partial charge in [0.25, 0.3) is 5.91 Å². The molecule has 3 aliphatic rings. The Labute approximate surface area is 243 Å². The molecule has 1 aliphatic heterocycles. The molecule has 0 bridgehead atoms. The van der Waals surface area contributed by atoms with E-state index >= 15 is 0 Å². The van der Waals surface area contributed by atoms with E-state index in [-0.39, 0.29) is 42.5 Å². The molecule has 2 saturated carbocycles. The van der Waals surface area contributed by atoms with Crippen molar-refractivity contribution in [2.24, 2.45) is 11.8 Å². The Morgan fingerprint density at radius 2 is 1.54 bits per heavy atom. The van der Waals surface area contributed by atoms with E-state index < -0.39 is 0 Å². The fraction of sp³-hybridized carbons (Fsp3) is 0.562. The highest BCUT2D eigenvalue weighted by atomic mass is 16.6. The lowest BCUT2D eigenvalue weighted by atomic mass is 9.94. The van der Waals surface area contributed by atoms with Gasteiger partial charge < -0.3 is 34.1 Å². The number of methoxy groups -OCH3 is 2. The maximum atomic E-state index is 13.8. The Hall–Kier alpha value is -3.30. The molecule has 0 radical (unpaired) electrons. The molecule has 2 amide bonds. The van der Waals surface area contributed by atoms with Crippen LogP contribution in [0.15, 0.2) is 48.5 Å². The van der Waals surface area contributed by atoms with Crippen LogP contribution in [0.5, 0.6) is 11.5 Å². The van der Waals surface area contributed by atoms with Gasteiger partial charge in [-0.25, -0.2) is 4.79 Å². The second-order valence-corrected chi connectivity index (χ2v) is 11.4.